The van der Waals surface area contributed by atoms with Gasteiger partial charge in [-0.15, -0.1) is 22.7 Å². The van der Waals surface area contributed by atoms with Gasteiger partial charge in [0.25, 0.3) is 0 Å². The number of methoxy groups -OCH3 is 1. The normalized spacial score (nSPS) is 10.3. The lowest BCUT2D eigenvalue weighted by atomic mass is 10.2. The first-order valence-corrected chi connectivity index (χ1v) is 6.74. The van der Waals surface area contributed by atoms with Crippen LogP contribution in [0.5, 0.6) is 5.75 Å². The number of ether oxygens (including phenoxy) is 1. The highest BCUT2D eigenvalue weighted by Gasteiger charge is 2.19. The van der Waals surface area contributed by atoms with Crippen molar-refractivity contribution in [3.63, 3.8) is 0 Å². The van der Waals surface area contributed by atoms with E-state index in [1.807, 2.05) is 0 Å². The summed E-state index contributed by atoms with van der Waals surface area (Å²) in [5, 5.41) is 11.4. The van der Waals surface area contributed by atoms with Crippen LogP contribution in [-0.2, 0) is 4.74 Å². The van der Waals surface area contributed by atoms with Crippen LogP contribution in [0.1, 0.15) is 26.3 Å². The van der Waals surface area contributed by atoms with Crippen molar-refractivity contribution < 1.29 is 19.4 Å². The molecule has 4 nitrogen and oxygen atoms in total. The summed E-state index contributed by atoms with van der Waals surface area (Å²) in [6.07, 6.45) is 0. The summed E-state index contributed by atoms with van der Waals surface area (Å²) in [5.41, 5.74) is 0.680. The largest absolute Gasteiger partial charge is 0.506 e. The fourth-order valence-corrected chi connectivity index (χ4v) is 3.39. The molecule has 0 unspecified atom stereocenters. The van der Waals surface area contributed by atoms with Gasteiger partial charge in [0.1, 0.15) is 15.5 Å². The number of hydrogen-bond donors (Lipinski definition) is 1. The summed E-state index contributed by atoms with van der Waals surface area (Å²) < 4.78 is 4.69. The molecule has 2 rings (SSSR count). The predicted molar refractivity (Wildman–Crippen MR) is 70.6 cm³/mol. The van der Waals surface area contributed by atoms with Crippen LogP contribution in [0, 0.1) is 0 Å². The van der Waals surface area contributed by atoms with Crippen molar-refractivity contribution in [2.75, 3.05) is 7.11 Å². The van der Waals surface area contributed by atoms with Gasteiger partial charge in [0, 0.05) is 17.4 Å². The zero-order valence-corrected chi connectivity index (χ0v) is 11.4. The minimum Gasteiger partial charge on any atom is -0.506 e. The van der Waals surface area contributed by atoms with E-state index in [9.17, 15) is 14.7 Å². The molecule has 0 atom stereocenters. The standard InChI is InChI=1S/C12H10O4S2/c1-6(13)10-8(14)5-9(18-10)7-3-4-17-11(7)12(15)16-2/h3-5,14H,1-2H3. The summed E-state index contributed by atoms with van der Waals surface area (Å²) in [6.45, 7) is 1.39. The van der Waals surface area contributed by atoms with Crippen LogP contribution >= 0.6 is 22.7 Å². The number of thiophene rings is 2. The van der Waals surface area contributed by atoms with Crippen LogP contribution in [0.25, 0.3) is 10.4 Å². The lowest BCUT2D eigenvalue weighted by molar-refractivity contribution is 0.0607. The fraction of sp³-hybridized carbons (Fsp3) is 0.167. The highest BCUT2D eigenvalue weighted by atomic mass is 32.1. The molecule has 0 aliphatic rings. The van der Waals surface area contributed by atoms with E-state index in [1.54, 1.807) is 11.4 Å². The summed E-state index contributed by atoms with van der Waals surface area (Å²) in [6, 6.07) is 3.27. The second-order valence-electron chi connectivity index (χ2n) is 3.54. The molecule has 0 amide bonds. The first-order chi connectivity index (χ1) is 8.54. The maximum Gasteiger partial charge on any atom is 0.348 e. The molecule has 0 saturated heterocycles. The number of hydrogen-bond acceptors (Lipinski definition) is 6. The minimum absolute atomic E-state index is 0.0514. The van der Waals surface area contributed by atoms with E-state index in [4.69, 9.17) is 0 Å². The van der Waals surface area contributed by atoms with Gasteiger partial charge in [-0.2, -0.15) is 0 Å². The fourth-order valence-electron chi connectivity index (χ4n) is 1.52. The molecule has 0 saturated carbocycles. The van der Waals surface area contributed by atoms with E-state index in [0.717, 1.165) is 0 Å². The van der Waals surface area contributed by atoms with Crippen molar-refractivity contribution in [1.29, 1.82) is 0 Å². The average molecular weight is 282 g/mol. The predicted octanol–water partition coefficient (Wildman–Crippen LogP) is 3.17. The molecular weight excluding hydrogens is 272 g/mol. The lowest BCUT2D eigenvalue weighted by Crippen LogP contribution is -1.99. The number of Topliss-reactive ketones (excluding diaryl/α,β-unsaturated/α-hetero) is 1. The van der Waals surface area contributed by atoms with E-state index < -0.39 is 5.97 Å². The number of ketones is 1. The number of carbonyl (C=O) groups excluding carboxylic acids is 2. The maximum absolute atomic E-state index is 11.6. The first kappa shape index (κ1) is 12.8. The van der Waals surface area contributed by atoms with Gasteiger partial charge in [-0.3, -0.25) is 4.79 Å². The molecule has 18 heavy (non-hydrogen) atoms. The van der Waals surface area contributed by atoms with Crippen molar-refractivity contribution >= 4 is 34.4 Å². The zero-order chi connectivity index (χ0) is 13.3. The third-order valence-electron chi connectivity index (χ3n) is 2.33. The molecule has 1 N–H and O–H groups in total. The van der Waals surface area contributed by atoms with Crippen molar-refractivity contribution in [2.24, 2.45) is 0 Å². The highest BCUT2D eigenvalue weighted by Crippen LogP contribution is 2.39. The van der Waals surface area contributed by atoms with Gasteiger partial charge in [-0.1, -0.05) is 0 Å². The number of rotatable bonds is 3. The van der Waals surface area contributed by atoms with Gasteiger partial charge in [-0.25, -0.2) is 4.79 Å². The third kappa shape index (κ3) is 2.16. The van der Waals surface area contributed by atoms with Crippen LogP contribution in [0.15, 0.2) is 17.5 Å². The van der Waals surface area contributed by atoms with Crippen molar-refractivity contribution in [3.05, 3.63) is 27.3 Å². The van der Waals surface area contributed by atoms with Gasteiger partial charge in [0.15, 0.2) is 5.78 Å². The molecule has 0 aliphatic heterocycles. The molecular formula is C12H10O4S2. The Balaban J connectivity index is 2.50. The van der Waals surface area contributed by atoms with E-state index in [-0.39, 0.29) is 11.5 Å². The second kappa shape index (κ2) is 4.91. The monoisotopic (exact) mass is 282 g/mol. The van der Waals surface area contributed by atoms with Crippen LogP contribution in [0.3, 0.4) is 0 Å². The lowest BCUT2D eigenvalue weighted by Gasteiger charge is -1.98. The molecule has 2 aromatic heterocycles. The van der Waals surface area contributed by atoms with E-state index >= 15 is 0 Å². The van der Waals surface area contributed by atoms with Crippen molar-refractivity contribution in [3.8, 4) is 16.2 Å². The van der Waals surface area contributed by atoms with Crippen LogP contribution in [0.2, 0.25) is 0 Å². The Bertz CT molecular complexity index is 609. The smallest absolute Gasteiger partial charge is 0.348 e. The van der Waals surface area contributed by atoms with Gasteiger partial charge in [0.2, 0.25) is 0 Å². The van der Waals surface area contributed by atoms with E-state index in [2.05, 4.69) is 4.74 Å². The molecule has 2 aromatic rings. The number of aromatic hydroxyl groups is 1. The molecule has 0 spiro atoms. The Morgan fingerprint density at radius 2 is 2.06 bits per heavy atom. The maximum atomic E-state index is 11.6. The number of esters is 1. The Labute approximate surface area is 111 Å². The van der Waals surface area contributed by atoms with Crippen LogP contribution in [-0.4, -0.2) is 24.0 Å². The van der Waals surface area contributed by atoms with E-state index in [1.165, 1.54) is 42.8 Å². The first-order valence-electron chi connectivity index (χ1n) is 5.04. The summed E-state index contributed by atoms with van der Waals surface area (Å²) in [7, 11) is 1.32. The molecule has 0 fully saturated rings. The van der Waals surface area contributed by atoms with Crippen molar-refractivity contribution in [2.45, 2.75) is 6.92 Å². The Morgan fingerprint density at radius 3 is 2.61 bits per heavy atom. The third-order valence-corrected chi connectivity index (χ3v) is 4.49. The van der Waals surface area contributed by atoms with Gasteiger partial charge >= 0.3 is 5.97 Å². The van der Waals surface area contributed by atoms with Crippen LogP contribution < -0.4 is 0 Å². The minimum atomic E-state index is -0.419. The topological polar surface area (TPSA) is 63.6 Å². The Hall–Kier alpha value is -1.66. The summed E-state index contributed by atoms with van der Waals surface area (Å²) >= 11 is 2.43. The quantitative estimate of drug-likeness (QED) is 0.693. The second-order valence-corrected chi connectivity index (χ2v) is 5.50. The molecule has 2 heterocycles. The average Bonchev–Trinajstić information content (AvgIpc) is 2.93. The van der Waals surface area contributed by atoms with Crippen molar-refractivity contribution in [1.82, 2.24) is 0 Å². The van der Waals surface area contributed by atoms with E-state index in [0.29, 0.717) is 20.2 Å². The SMILES string of the molecule is COC(=O)c1sccc1-c1cc(O)c(C(C)=O)s1. The van der Waals surface area contributed by atoms with Gasteiger partial charge < -0.3 is 9.84 Å². The van der Waals surface area contributed by atoms with Gasteiger partial charge in [-0.05, 0) is 17.5 Å². The highest BCUT2D eigenvalue weighted by molar-refractivity contribution is 7.18. The van der Waals surface area contributed by atoms with Crippen LogP contribution in [0.4, 0.5) is 0 Å². The Morgan fingerprint density at radius 1 is 1.33 bits per heavy atom. The molecule has 94 valence electrons. The molecule has 0 aliphatic carbocycles. The number of carbonyl (C=O) groups is 2. The molecule has 0 bridgehead atoms. The molecule has 0 radical (unpaired) electrons. The van der Waals surface area contributed by atoms with Gasteiger partial charge in [0.05, 0.1) is 7.11 Å². The summed E-state index contributed by atoms with van der Waals surface area (Å²) in [4.78, 5) is 24.3. The zero-order valence-electron chi connectivity index (χ0n) is 9.72. The molecule has 0 aromatic carbocycles. The molecule has 6 heteroatoms. The Kier molecular flexibility index (Phi) is 3.49. The summed E-state index contributed by atoms with van der Waals surface area (Å²) in [5.74, 6) is -0.666.